The van der Waals surface area contributed by atoms with Gasteiger partial charge in [-0.1, -0.05) is 18.2 Å². The minimum absolute atomic E-state index is 0.441. The van der Waals surface area contributed by atoms with Crippen LogP contribution in [0.25, 0.3) is 0 Å². The largest absolute Gasteiger partial charge is 0.462 e. The van der Waals surface area contributed by atoms with E-state index in [0.29, 0.717) is 5.75 Å². The summed E-state index contributed by atoms with van der Waals surface area (Å²) in [7, 11) is 0. The topological polar surface area (TPSA) is 99.4 Å². The van der Waals surface area contributed by atoms with Gasteiger partial charge in [0.1, 0.15) is 23.1 Å². The fourth-order valence-electron chi connectivity index (χ4n) is 2.46. The SMILES string of the molecule is C[C@@]1(O)[C@@](C)(O)[C@H](Oc2ccccc2)O[C@H](CO)[C@]1(C)O. The fourth-order valence-corrected chi connectivity index (χ4v) is 2.46. The van der Waals surface area contributed by atoms with Crippen LogP contribution in [0.2, 0.25) is 0 Å². The normalized spacial score (nSPS) is 43.6. The van der Waals surface area contributed by atoms with Gasteiger partial charge < -0.3 is 29.9 Å². The molecule has 1 aliphatic rings. The minimum atomic E-state index is -1.95. The summed E-state index contributed by atoms with van der Waals surface area (Å²) in [5.41, 5.74) is -5.69. The number of hydrogen-bond donors (Lipinski definition) is 4. The molecule has 1 aromatic rings. The summed E-state index contributed by atoms with van der Waals surface area (Å²) >= 11 is 0. The molecule has 6 heteroatoms. The van der Waals surface area contributed by atoms with E-state index in [4.69, 9.17) is 9.47 Å². The Labute approximate surface area is 123 Å². The number of rotatable bonds is 3. The predicted molar refractivity (Wildman–Crippen MR) is 74.7 cm³/mol. The van der Waals surface area contributed by atoms with Crippen molar-refractivity contribution in [2.24, 2.45) is 0 Å². The van der Waals surface area contributed by atoms with Crippen molar-refractivity contribution in [3.8, 4) is 5.75 Å². The van der Waals surface area contributed by atoms with Crippen LogP contribution in [0.4, 0.5) is 0 Å². The molecule has 1 saturated heterocycles. The Morgan fingerprint density at radius 3 is 2.14 bits per heavy atom. The molecule has 1 heterocycles. The molecule has 0 radical (unpaired) electrons. The van der Waals surface area contributed by atoms with Gasteiger partial charge in [0, 0.05) is 0 Å². The second-order valence-electron chi connectivity index (χ2n) is 5.94. The molecule has 0 bridgehead atoms. The van der Waals surface area contributed by atoms with E-state index in [1.807, 2.05) is 6.07 Å². The van der Waals surface area contributed by atoms with Gasteiger partial charge in [0.05, 0.1) is 6.61 Å². The van der Waals surface area contributed by atoms with Gasteiger partial charge in [0.25, 0.3) is 0 Å². The Hall–Kier alpha value is -1.18. The highest BCUT2D eigenvalue weighted by atomic mass is 16.7. The van der Waals surface area contributed by atoms with Gasteiger partial charge in [-0.3, -0.25) is 0 Å². The van der Waals surface area contributed by atoms with E-state index in [2.05, 4.69) is 0 Å². The maximum atomic E-state index is 10.6. The maximum Gasteiger partial charge on any atom is 0.232 e. The van der Waals surface area contributed by atoms with E-state index in [-0.39, 0.29) is 0 Å². The van der Waals surface area contributed by atoms with Crippen LogP contribution in [-0.2, 0) is 4.74 Å². The Kier molecular flexibility index (Phi) is 4.03. The summed E-state index contributed by atoms with van der Waals surface area (Å²) in [6, 6.07) is 8.67. The highest BCUT2D eigenvalue weighted by Gasteiger charge is 2.66. The van der Waals surface area contributed by atoms with E-state index in [0.717, 1.165) is 0 Å². The number of aliphatic hydroxyl groups is 4. The zero-order chi connectivity index (χ0) is 15.9. The molecule has 1 aromatic carbocycles. The molecule has 21 heavy (non-hydrogen) atoms. The third kappa shape index (κ3) is 2.43. The van der Waals surface area contributed by atoms with Crippen LogP contribution in [0.5, 0.6) is 5.75 Å². The molecule has 0 saturated carbocycles. The summed E-state index contributed by atoms with van der Waals surface area (Å²) < 4.78 is 11.1. The molecule has 6 nitrogen and oxygen atoms in total. The van der Waals surface area contributed by atoms with E-state index >= 15 is 0 Å². The lowest BCUT2D eigenvalue weighted by molar-refractivity contribution is -0.376. The zero-order valence-corrected chi connectivity index (χ0v) is 12.4. The van der Waals surface area contributed by atoms with Crippen molar-refractivity contribution in [3.05, 3.63) is 30.3 Å². The average molecular weight is 298 g/mol. The van der Waals surface area contributed by atoms with Crippen molar-refractivity contribution in [2.45, 2.75) is 50.0 Å². The number of para-hydroxylation sites is 1. The van der Waals surface area contributed by atoms with Crippen molar-refractivity contribution in [1.29, 1.82) is 0 Å². The number of benzene rings is 1. The van der Waals surface area contributed by atoms with Gasteiger partial charge in [-0.15, -0.1) is 0 Å². The molecule has 2 rings (SSSR count). The van der Waals surface area contributed by atoms with Gasteiger partial charge in [0.2, 0.25) is 6.29 Å². The molecule has 0 spiro atoms. The van der Waals surface area contributed by atoms with Crippen molar-refractivity contribution in [2.75, 3.05) is 6.61 Å². The molecule has 118 valence electrons. The molecule has 1 aliphatic heterocycles. The third-order valence-corrected chi connectivity index (χ3v) is 4.50. The van der Waals surface area contributed by atoms with Crippen LogP contribution in [0, 0.1) is 0 Å². The van der Waals surface area contributed by atoms with E-state index < -0.39 is 35.8 Å². The summed E-state index contributed by atoms with van der Waals surface area (Å²) in [6.07, 6.45) is -2.34. The molecule has 0 amide bonds. The standard InChI is InChI=1S/C15H22O6/c1-13(17)11(9-16)21-12(14(2,18)15(13,3)19)20-10-7-5-4-6-8-10/h4-8,11-12,16-19H,9H2,1-3H3/t11-,12-,13+,14+,15+/m1/s1. The fraction of sp³-hybridized carbons (Fsp3) is 0.600. The summed E-state index contributed by atoms with van der Waals surface area (Å²) in [5.74, 6) is 0.441. The summed E-state index contributed by atoms with van der Waals surface area (Å²) in [5, 5.41) is 41.1. The molecular weight excluding hydrogens is 276 g/mol. The molecule has 1 fully saturated rings. The van der Waals surface area contributed by atoms with Crippen molar-refractivity contribution >= 4 is 0 Å². The zero-order valence-electron chi connectivity index (χ0n) is 12.4. The third-order valence-electron chi connectivity index (χ3n) is 4.50. The first-order valence-corrected chi connectivity index (χ1v) is 6.79. The van der Waals surface area contributed by atoms with Gasteiger partial charge >= 0.3 is 0 Å². The predicted octanol–water partition coefficient (Wildman–Crippen LogP) is 0.0356. The lowest BCUT2D eigenvalue weighted by Gasteiger charge is -2.56. The number of hydrogen-bond acceptors (Lipinski definition) is 6. The summed E-state index contributed by atoms with van der Waals surface area (Å²) in [6.45, 7) is 3.40. The highest BCUT2D eigenvalue weighted by Crippen LogP contribution is 2.44. The molecule has 4 N–H and O–H groups in total. The molecular formula is C15H22O6. The highest BCUT2D eigenvalue weighted by molar-refractivity contribution is 5.23. The first-order chi connectivity index (χ1) is 9.64. The molecule has 0 unspecified atom stereocenters. The van der Waals surface area contributed by atoms with Crippen LogP contribution in [0.3, 0.4) is 0 Å². The Morgan fingerprint density at radius 1 is 1.05 bits per heavy atom. The van der Waals surface area contributed by atoms with Crippen LogP contribution >= 0.6 is 0 Å². The first kappa shape index (κ1) is 16.2. The van der Waals surface area contributed by atoms with Crippen LogP contribution in [0.15, 0.2) is 30.3 Å². The number of ether oxygens (including phenoxy) is 2. The molecule has 0 aliphatic carbocycles. The van der Waals surface area contributed by atoms with Gasteiger partial charge in [-0.05, 0) is 32.9 Å². The van der Waals surface area contributed by atoms with Crippen LogP contribution in [0.1, 0.15) is 20.8 Å². The maximum absolute atomic E-state index is 10.6. The Balaban J connectivity index is 2.34. The minimum Gasteiger partial charge on any atom is -0.462 e. The first-order valence-electron chi connectivity index (χ1n) is 6.79. The average Bonchev–Trinajstić information content (AvgIpc) is 2.42. The van der Waals surface area contributed by atoms with Gasteiger partial charge in [-0.25, -0.2) is 0 Å². The van der Waals surface area contributed by atoms with E-state index in [9.17, 15) is 20.4 Å². The van der Waals surface area contributed by atoms with Crippen LogP contribution in [-0.4, -0.2) is 56.2 Å². The quantitative estimate of drug-likeness (QED) is 0.628. The number of aliphatic hydroxyl groups excluding tert-OH is 1. The van der Waals surface area contributed by atoms with Crippen molar-refractivity contribution in [1.82, 2.24) is 0 Å². The molecule has 5 atom stereocenters. The van der Waals surface area contributed by atoms with Crippen LogP contribution < -0.4 is 4.74 Å². The Morgan fingerprint density at radius 2 is 1.62 bits per heavy atom. The Bertz CT molecular complexity index is 482. The molecule has 0 aromatic heterocycles. The lowest BCUT2D eigenvalue weighted by Crippen LogP contribution is -2.78. The van der Waals surface area contributed by atoms with E-state index in [1.165, 1.54) is 20.8 Å². The summed E-state index contributed by atoms with van der Waals surface area (Å²) in [4.78, 5) is 0. The van der Waals surface area contributed by atoms with Crippen molar-refractivity contribution < 1.29 is 29.9 Å². The van der Waals surface area contributed by atoms with Crippen molar-refractivity contribution in [3.63, 3.8) is 0 Å². The second kappa shape index (κ2) is 5.23. The van der Waals surface area contributed by atoms with Gasteiger partial charge in [-0.2, -0.15) is 0 Å². The smallest absolute Gasteiger partial charge is 0.232 e. The lowest BCUT2D eigenvalue weighted by atomic mass is 9.68. The monoisotopic (exact) mass is 298 g/mol. The van der Waals surface area contributed by atoms with Gasteiger partial charge in [0.15, 0.2) is 5.60 Å². The van der Waals surface area contributed by atoms with E-state index in [1.54, 1.807) is 24.3 Å². The second-order valence-corrected chi connectivity index (χ2v) is 5.94.